The monoisotopic (exact) mass is 566 g/mol. The number of primary amides is 1. The first-order chi connectivity index (χ1) is 18.9. The maximum atomic E-state index is 13.3. The maximum absolute atomic E-state index is 13.3. The number of nitrogens with zero attached hydrogens (tertiary/aromatic N) is 1. The summed E-state index contributed by atoms with van der Waals surface area (Å²) in [4.78, 5) is 81.0. The Hall–Kier alpha value is -4.05. The molecule has 2 rings (SSSR count). The number of imidazole rings is 1. The van der Waals surface area contributed by atoms with Gasteiger partial charge in [-0.2, -0.15) is 0 Å². The Morgan fingerprint density at radius 3 is 2.15 bits per heavy atom. The number of carbonyl (C=O) groups excluding carboxylic acids is 5. The van der Waals surface area contributed by atoms with Crippen molar-refractivity contribution in [1.29, 1.82) is 0 Å². The number of nitrogens with two attached hydrogens (primary N) is 1. The van der Waals surface area contributed by atoms with Crippen molar-refractivity contribution in [2.75, 3.05) is 13.2 Å². The number of rotatable bonds is 16. The first kappa shape index (κ1) is 32.2. The predicted molar refractivity (Wildman–Crippen MR) is 139 cm³/mol. The van der Waals surface area contributed by atoms with Gasteiger partial charge in [-0.15, -0.1) is 0 Å². The number of carbonyl (C=O) groups is 6. The molecule has 0 aromatic carbocycles. The lowest BCUT2D eigenvalue weighted by molar-refractivity contribution is -0.140. The van der Waals surface area contributed by atoms with Crippen molar-refractivity contribution in [2.45, 2.75) is 76.2 Å². The van der Waals surface area contributed by atoms with Crippen molar-refractivity contribution >= 4 is 35.5 Å². The number of aromatic nitrogens is 2. The van der Waals surface area contributed by atoms with E-state index < -0.39 is 72.8 Å². The molecule has 10 N–H and O–H groups in total. The Bertz CT molecular complexity index is 1040. The topological polar surface area (TPSA) is 258 Å². The number of carboxylic acid groups (broad SMARTS) is 1. The standard InChI is InChI=1S/C24H38N8O8/c1-12(2)6-16(30-21(37)14-4-3-5-27-14)22(38)31-17(7-13-9-26-11-28-13)23(39)32-18(10-33)24(40)29-15(20(25)36)8-19(34)35/h9,11-12,14-18,27,33H,3-8,10H2,1-2H3,(H2,25,36)(H,26,28)(H,29,40)(H,30,37)(H,31,38)(H,32,39)(H,34,35)/t14-,15-,16-,17-,18-/m0/s1. The Labute approximate surface area is 230 Å². The van der Waals surface area contributed by atoms with Gasteiger partial charge in [-0.1, -0.05) is 13.8 Å². The van der Waals surface area contributed by atoms with E-state index in [2.05, 4.69) is 36.6 Å². The van der Waals surface area contributed by atoms with Crippen LogP contribution in [0.25, 0.3) is 0 Å². The molecule has 0 spiro atoms. The van der Waals surface area contributed by atoms with E-state index in [4.69, 9.17) is 10.8 Å². The number of amides is 5. The van der Waals surface area contributed by atoms with Gasteiger partial charge < -0.3 is 47.5 Å². The second-order valence-electron chi connectivity index (χ2n) is 9.99. The van der Waals surface area contributed by atoms with E-state index in [0.717, 1.165) is 6.42 Å². The molecule has 0 bridgehead atoms. The fourth-order valence-corrected chi connectivity index (χ4v) is 4.12. The summed E-state index contributed by atoms with van der Waals surface area (Å²) >= 11 is 0. The van der Waals surface area contributed by atoms with Crippen LogP contribution in [0.2, 0.25) is 0 Å². The van der Waals surface area contributed by atoms with Crippen LogP contribution in [0, 0.1) is 5.92 Å². The lowest BCUT2D eigenvalue weighted by atomic mass is 10.0. The number of carboxylic acids is 1. The SMILES string of the molecule is CC(C)C[C@H](NC(=O)[C@@H]1CCCN1)C(=O)N[C@@H](Cc1cnc[nH]1)C(=O)N[C@@H](CO)C(=O)N[C@@H](CC(=O)O)C(N)=O. The van der Waals surface area contributed by atoms with Crippen LogP contribution in [-0.4, -0.2) is 99.0 Å². The van der Waals surface area contributed by atoms with Gasteiger partial charge in [0, 0.05) is 18.3 Å². The zero-order chi connectivity index (χ0) is 29.8. The summed E-state index contributed by atoms with van der Waals surface area (Å²) < 4.78 is 0. The van der Waals surface area contributed by atoms with Crippen molar-refractivity contribution < 1.29 is 39.0 Å². The number of aliphatic hydroxyl groups is 1. The summed E-state index contributed by atoms with van der Waals surface area (Å²) in [5.74, 6) is -5.36. The van der Waals surface area contributed by atoms with Crippen LogP contribution in [0.4, 0.5) is 0 Å². The number of hydrogen-bond donors (Lipinski definition) is 9. The average molecular weight is 567 g/mol. The van der Waals surface area contributed by atoms with Gasteiger partial charge in [-0.3, -0.25) is 28.8 Å². The van der Waals surface area contributed by atoms with Crippen LogP contribution in [0.1, 0.15) is 45.2 Å². The van der Waals surface area contributed by atoms with Gasteiger partial charge in [0.1, 0.15) is 24.2 Å². The molecule has 5 amide bonds. The van der Waals surface area contributed by atoms with Crippen molar-refractivity contribution in [3.8, 4) is 0 Å². The summed E-state index contributed by atoms with van der Waals surface area (Å²) in [5.41, 5.74) is 5.61. The number of hydrogen-bond acceptors (Lipinski definition) is 9. The molecule has 1 aromatic heterocycles. The van der Waals surface area contributed by atoms with Crippen LogP contribution in [0.3, 0.4) is 0 Å². The Morgan fingerprint density at radius 2 is 1.62 bits per heavy atom. The first-order valence-corrected chi connectivity index (χ1v) is 12.9. The highest BCUT2D eigenvalue weighted by Gasteiger charge is 2.33. The van der Waals surface area contributed by atoms with E-state index >= 15 is 0 Å². The Balaban J connectivity index is 2.17. The molecule has 1 fully saturated rings. The molecule has 222 valence electrons. The van der Waals surface area contributed by atoms with Crippen LogP contribution in [-0.2, 0) is 35.2 Å². The molecule has 1 aliphatic heterocycles. The normalized spacial score (nSPS) is 17.8. The Morgan fingerprint density at radius 1 is 1.00 bits per heavy atom. The molecule has 1 aliphatic rings. The van der Waals surface area contributed by atoms with Crippen LogP contribution in [0.5, 0.6) is 0 Å². The van der Waals surface area contributed by atoms with Crippen LogP contribution < -0.4 is 32.3 Å². The molecular weight excluding hydrogens is 528 g/mol. The molecule has 1 aromatic rings. The molecule has 1 saturated heterocycles. The number of H-pyrrole nitrogens is 1. The molecule has 2 heterocycles. The summed E-state index contributed by atoms with van der Waals surface area (Å²) in [6, 6.07) is -5.80. The molecule has 16 heteroatoms. The molecule has 0 unspecified atom stereocenters. The predicted octanol–water partition coefficient (Wildman–Crippen LogP) is -3.36. The van der Waals surface area contributed by atoms with E-state index in [-0.39, 0.29) is 18.2 Å². The third kappa shape index (κ3) is 10.3. The molecule has 0 aliphatic carbocycles. The van der Waals surface area contributed by atoms with Gasteiger partial charge in [0.05, 0.1) is 25.4 Å². The molecule has 0 radical (unpaired) electrons. The summed E-state index contributed by atoms with van der Waals surface area (Å²) in [6.45, 7) is 3.55. The zero-order valence-corrected chi connectivity index (χ0v) is 22.4. The third-order valence-corrected chi connectivity index (χ3v) is 6.18. The quantitative estimate of drug-likeness (QED) is 0.0960. The van der Waals surface area contributed by atoms with Gasteiger partial charge in [-0.05, 0) is 31.7 Å². The fourth-order valence-electron chi connectivity index (χ4n) is 4.12. The number of aliphatic carboxylic acids is 1. The van der Waals surface area contributed by atoms with Gasteiger partial charge in [-0.25, -0.2) is 4.98 Å². The van der Waals surface area contributed by atoms with Gasteiger partial charge in [0.2, 0.25) is 29.5 Å². The van der Waals surface area contributed by atoms with E-state index in [1.54, 1.807) is 0 Å². The van der Waals surface area contributed by atoms with E-state index in [9.17, 15) is 33.9 Å². The molecular formula is C24H38N8O8. The summed E-state index contributed by atoms with van der Waals surface area (Å²) in [5, 5.41) is 31.5. The number of nitrogens with one attached hydrogen (secondary N) is 6. The largest absolute Gasteiger partial charge is 0.481 e. The minimum Gasteiger partial charge on any atom is -0.481 e. The van der Waals surface area contributed by atoms with E-state index in [1.807, 2.05) is 13.8 Å². The summed E-state index contributed by atoms with van der Waals surface area (Å²) in [6.07, 6.45) is 3.70. The lowest BCUT2D eigenvalue weighted by Gasteiger charge is -2.26. The zero-order valence-electron chi connectivity index (χ0n) is 22.4. The van der Waals surface area contributed by atoms with Crippen LogP contribution >= 0.6 is 0 Å². The highest BCUT2D eigenvalue weighted by Crippen LogP contribution is 2.10. The molecule has 40 heavy (non-hydrogen) atoms. The fraction of sp³-hybridized carbons (Fsp3) is 0.625. The van der Waals surface area contributed by atoms with Gasteiger partial charge >= 0.3 is 5.97 Å². The highest BCUT2D eigenvalue weighted by atomic mass is 16.4. The molecule has 16 nitrogen and oxygen atoms in total. The highest BCUT2D eigenvalue weighted by molar-refractivity contribution is 5.96. The van der Waals surface area contributed by atoms with Gasteiger partial charge in [0.25, 0.3) is 0 Å². The molecule has 5 atom stereocenters. The van der Waals surface area contributed by atoms with E-state index in [1.165, 1.54) is 12.5 Å². The van der Waals surface area contributed by atoms with Crippen molar-refractivity contribution in [3.63, 3.8) is 0 Å². The smallest absolute Gasteiger partial charge is 0.305 e. The van der Waals surface area contributed by atoms with Crippen molar-refractivity contribution in [3.05, 3.63) is 18.2 Å². The Kier molecular flexibility index (Phi) is 12.5. The van der Waals surface area contributed by atoms with E-state index in [0.29, 0.717) is 25.1 Å². The second kappa shape index (κ2) is 15.5. The third-order valence-electron chi connectivity index (χ3n) is 6.18. The second-order valence-corrected chi connectivity index (χ2v) is 9.99. The maximum Gasteiger partial charge on any atom is 0.305 e. The number of aliphatic hydroxyl groups excluding tert-OH is 1. The minimum absolute atomic E-state index is 0.0268. The van der Waals surface area contributed by atoms with Crippen molar-refractivity contribution in [1.82, 2.24) is 36.6 Å². The van der Waals surface area contributed by atoms with Crippen LogP contribution in [0.15, 0.2) is 12.5 Å². The number of aromatic amines is 1. The average Bonchev–Trinajstić information content (AvgIpc) is 3.60. The van der Waals surface area contributed by atoms with Gasteiger partial charge in [0.15, 0.2) is 0 Å². The lowest BCUT2D eigenvalue weighted by Crippen LogP contribution is -2.60. The molecule has 0 saturated carbocycles. The first-order valence-electron chi connectivity index (χ1n) is 12.9. The minimum atomic E-state index is -1.59. The van der Waals surface area contributed by atoms with Crippen molar-refractivity contribution in [2.24, 2.45) is 11.7 Å². The summed E-state index contributed by atoms with van der Waals surface area (Å²) in [7, 11) is 0.